The first-order valence-electron chi connectivity index (χ1n) is 8.87. The molecule has 27 heavy (non-hydrogen) atoms. The van der Waals surface area contributed by atoms with Gasteiger partial charge in [-0.25, -0.2) is 14.6 Å². The van der Waals surface area contributed by atoms with E-state index in [2.05, 4.69) is 23.9 Å². The molecule has 0 bridgehead atoms. The molecular formula is C19H23N5OS2. The molecule has 3 rings (SSSR count). The molecule has 0 aliphatic heterocycles. The molecule has 0 atom stereocenters. The first-order chi connectivity index (χ1) is 13.0. The Kier molecular flexibility index (Phi) is 6.28. The Morgan fingerprint density at radius 3 is 2.63 bits per heavy atom. The van der Waals surface area contributed by atoms with E-state index in [1.165, 1.54) is 11.3 Å². The number of thioether (sulfide) groups is 1. The summed E-state index contributed by atoms with van der Waals surface area (Å²) in [5, 5.41) is 8.15. The van der Waals surface area contributed by atoms with Crippen LogP contribution in [0.1, 0.15) is 45.1 Å². The van der Waals surface area contributed by atoms with Crippen molar-refractivity contribution in [1.82, 2.24) is 19.7 Å². The van der Waals surface area contributed by atoms with Crippen LogP contribution in [-0.2, 0) is 10.5 Å². The number of nitrogens with zero attached hydrogens (tertiary/aromatic N) is 5. The van der Waals surface area contributed by atoms with Crippen molar-refractivity contribution in [1.29, 1.82) is 0 Å². The third-order valence-corrected chi connectivity index (χ3v) is 5.73. The van der Waals surface area contributed by atoms with E-state index in [0.717, 1.165) is 27.5 Å². The van der Waals surface area contributed by atoms with Gasteiger partial charge in [0.1, 0.15) is 5.82 Å². The quantitative estimate of drug-likeness (QED) is 0.545. The fourth-order valence-corrected chi connectivity index (χ4v) is 4.38. The number of benzene rings is 1. The van der Waals surface area contributed by atoms with Crippen molar-refractivity contribution in [2.45, 2.75) is 44.5 Å². The molecule has 142 valence electrons. The topological polar surface area (TPSA) is 63.9 Å². The van der Waals surface area contributed by atoms with E-state index in [1.807, 2.05) is 47.3 Å². The zero-order chi connectivity index (χ0) is 19.4. The van der Waals surface area contributed by atoms with Crippen molar-refractivity contribution in [3.05, 3.63) is 47.2 Å². The van der Waals surface area contributed by atoms with Crippen LogP contribution >= 0.6 is 23.1 Å². The summed E-state index contributed by atoms with van der Waals surface area (Å²) in [7, 11) is 0. The molecule has 0 aliphatic rings. The number of para-hydroxylation sites is 1. The van der Waals surface area contributed by atoms with Crippen molar-refractivity contribution >= 4 is 34.1 Å². The number of hydrogen-bond donors (Lipinski definition) is 0. The number of anilines is 1. The van der Waals surface area contributed by atoms with Crippen LogP contribution in [0.3, 0.4) is 0 Å². The molecule has 0 aliphatic carbocycles. The van der Waals surface area contributed by atoms with E-state index in [1.54, 1.807) is 23.6 Å². The van der Waals surface area contributed by atoms with Gasteiger partial charge in [-0.15, -0.1) is 16.4 Å². The molecule has 8 heteroatoms. The Morgan fingerprint density at radius 1 is 1.26 bits per heavy atom. The highest BCUT2D eigenvalue weighted by molar-refractivity contribution is 7.98. The normalized spacial score (nSPS) is 11.1. The Balaban J connectivity index is 1.75. The minimum Gasteiger partial charge on any atom is -0.289 e. The second kappa shape index (κ2) is 8.67. The maximum absolute atomic E-state index is 11.7. The number of aromatic nitrogens is 4. The van der Waals surface area contributed by atoms with E-state index in [4.69, 9.17) is 4.98 Å². The first-order valence-corrected chi connectivity index (χ1v) is 10.7. The lowest BCUT2D eigenvalue weighted by molar-refractivity contribution is -0.116. The second-order valence-corrected chi connectivity index (χ2v) is 8.11. The van der Waals surface area contributed by atoms with E-state index in [0.29, 0.717) is 12.3 Å². The van der Waals surface area contributed by atoms with Crippen LogP contribution in [0.25, 0.3) is 5.69 Å². The average Bonchev–Trinajstić information content (AvgIpc) is 3.28. The Labute approximate surface area is 167 Å². The zero-order valence-electron chi connectivity index (χ0n) is 15.9. The third-order valence-electron chi connectivity index (χ3n) is 3.95. The van der Waals surface area contributed by atoms with Gasteiger partial charge in [0.15, 0.2) is 5.13 Å². The maximum Gasteiger partial charge on any atom is 0.225 e. The van der Waals surface area contributed by atoms with Crippen LogP contribution in [0.4, 0.5) is 5.13 Å². The largest absolute Gasteiger partial charge is 0.289 e. The summed E-state index contributed by atoms with van der Waals surface area (Å²) in [5.74, 6) is 1.89. The Morgan fingerprint density at radius 2 is 2.00 bits per heavy atom. The smallest absolute Gasteiger partial charge is 0.225 e. The van der Waals surface area contributed by atoms with E-state index in [9.17, 15) is 4.79 Å². The Bertz CT molecular complexity index is 904. The third kappa shape index (κ3) is 4.56. The van der Waals surface area contributed by atoms with E-state index < -0.39 is 0 Å². The van der Waals surface area contributed by atoms with Gasteiger partial charge in [0.25, 0.3) is 0 Å². The lowest BCUT2D eigenvalue weighted by Gasteiger charge is -2.14. The second-order valence-electron chi connectivity index (χ2n) is 6.33. The van der Waals surface area contributed by atoms with Crippen molar-refractivity contribution in [3.8, 4) is 5.69 Å². The number of rotatable bonds is 7. The molecule has 0 unspecified atom stereocenters. The van der Waals surface area contributed by atoms with Gasteiger partial charge in [-0.05, 0) is 19.1 Å². The van der Waals surface area contributed by atoms with Crippen LogP contribution < -0.4 is 4.90 Å². The van der Waals surface area contributed by atoms with Gasteiger partial charge < -0.3 is 0 Å². The molecule has 2 heterocycles. The van der Waals surface area contributed by atoms with Crippen LogP contribution in [-0.4, -0.2) is 32.2 Å². The predicted molar refractivity (Wildman–Crippen MR) is 111 cm³/mol. The minimum absolute atomic E-state index is 0.0101. The average molecular weight is 402 g/mol. The number of carbonyl (C=O) groups excluding carboxylic acids is 1. The standard InChI is InChI=1S/C19H23N5OS2/c1-5-23(14(4)25)19-20-15(12-27-19)11-26-18-21-17(13(2)3)24(22-18)16-9-7-6-8-10-16/h6-10,12-13H,5,11H2,1-4H3. The number of amides is 1. The zero-order valence-corrected chi connectivity index (χ0v) is 17.5. The number of hydrogen-bond acceptors (Lipinski definition) is 6. The van der Waals surface area contributed by atoms with Crippen molar-refractivity contribution in [2.75, 3.05) is 11.4 Å². The maximum atomic E-state index is 11.7. The summed E-state index contributed by atoms with van der Waals surface area (Å²) < 4.78 is 1.91. The molecule has 0 fully saturated rings. The molecule has 0 saturated heterocycles. The van der Waals surface area contributed by atoms with Gasteiger partial charge in [-0.1, -0.05) is 43.8 Å². The molecule has 6 nitrogen and oxygen atoms in total. The van der Waals surface area contributed by atoms with Crippen molar-refractivity contribution in [2.24, 2.45) is 0 Å². The van der Waals surface area contributed by atoms with Gasteiger partial charge in [0.05, 0.1) is 11.4 Å². The van der Waals surface area contributed by atoms with Gasteiger partial charge >= 0.3 is 0 Å². The molecule has 2 aromatic heterocycles. The summed E-state index contributed by atoms with van der Waals surface area (Å²) >= 11 is 3.05. The molecule has 0 radical (unpaired) electrons. The SMILES string of the molecule is CCN(C(C)=O)c1nc(CSc2nc(C(C)C)n(-c3ccccc3)n2)cs1. The minimum atomic E-state index is 0.0101. The summed E-state index contributed by atoms with van der Waals surface area (Å²) in [6, 6.07) is 10.1. The summed E-state index contributed by atoms with van der Waals surface area (Å²) in [6.45, 7) is 8.37. The summed E-state index contributed by atoms with van der Waals surface area (Å²) in [5.41, 5.74) is 1.94. The van der Waals surface area contributed by atoms with Crippen LogP contribution in [0.2, 0.25) is 0 Å². The fourth-order valence-electron chi connectivity index (χ4n) is 2.62. The molecule has 3 aromatic rings. The van der Waals surface area contributed by atoms with Gasteiger partial charge in [-0.2, -0.15) is 0 Å². The van der Waals surface area contributed by atoms with E-state index >= 15 is 0 Å². The lowest BCUT2D eigenvalue weighted by atomic mass is 10.2. The summed E-state index contributed by atoms with van der Waals surface area (Å²) in [4.78, 5) is 22.6. The van der Waals surface area contributed by atoms with Gasteiger partial charge in [0, 0.05) is 30.5 Å². The molecular weight excluding hydrogens is 378 g/mol. The number of thiazole rings is 1. The highest BCUT2D eigenvalue weighted by Crippen LogP contribution is 2.27. The summed E-state index contributed by atoms with van der Waals surface area (Å²) in [6.07, 6.45) is 0. The Hall–Kier alpha value is -2.19. The molecule has 0 spiro atoms. The fraction of sp³-hybridized carbons (Fsp3) is 0.368. The molecule has 1 aromatic carbocycles. The highest BCUT2D eigenvalue weighted by atomic mass is 32.2. The van der Waals surface area contributed by atoms with Gasteiger partial charge in [0.2, 0.25) is 11.1 Å². The van der Waals surface area contributed by atoms with Crippen LogP contribution in [0, 0.1) is 0 Å². The molecule has 0 saturated carbocycles. The lowest BCUT2D eigenvalue weighted by Crippen LogP contribution is -2.27. The predicted octanol–water partition coefficient (Wildman–Crippen LogP) is 4.51. The van der Waals surface area contributed by atoms with Crippen LogP contribution in [0.5, 0.6) is 0 Å². The highest BCUT2D eigenvalue weighted by Gasteiger charge is 2.17. The molecule has 1 amide bonds. The van der Waals surface area contributed by atoms with Crippen molar-refractivity contribution in [3.63, 3.8) is 0 Å². The van der Waals surface area contributed by atoms with E-state index in [-0.39, 0.29) is 11.8 Å². The van der Waals surface area contributed by atoms with Crippen molar-refractivity contribution < 1.29 is 4.79 Å². The van der Waals surface area contributed by atoms with Crippen LogP contribution in [0.15, 0.2) is 40.9 Å². The molecule has 0 N–H and O–H groups in total. The monoisotopic (exact) mass is 401 g/mol. The van der Waals surface area contributed by atoms with Gasteiger partial charge in [-0.3, -0.25) is 9.69 Å². The number of carbonyl (C=O) groups is 1. The first kappa shape index (κ1) is 19.6.